The third kappa shape index (κ3) is 4.77. The quantitative estimate of drug-likeness (QED) is 0.579. The van der Waals surface area contributed by atoms with Crippen LogP contribution in [0.1, 0.15) is 44.1 Å². The molecule has 1 fully saturated rings. The van der Waals surface area contributed by atoms with Gasteiger partial charge in [-0.1, -0.05) is 26.0 Å². The van der Waals surface area contributed by atoms with Gasteiger partial charge in [-0.2, -0.15) is 9.57 Å². The lowest BCUT2D eigenvalue weighted by atomic mass is 9.95. The zero-order valence-corrected chi connectivity index (χ0v) is 19.5. The van der Waals surface area contributed by atoms with Gasteiger partial charge >= 0.3 is 0 Å². The molecule has 0 radical (unpaired) electrons. The average Bonchev–Trinajstić information content (AvgIpc) is 3.26. The molecule has 0 aliphatic carbocycles. The predicted octanol–water partition coefficient (Wildman–Crippen LogP) is 3.35. The summed E-state index contributed by atoms with van der Waals surface area (Å²) >= 11 is 0. The second-order valence-corrected chi connectivity index (χ2v) is 10.6. The normalized spacial score (nSPS) is 16.5. The van der Waals surface area contributed by atoms with Crippen LogP contribution in [-0.2, 0) is 14.8 Å². The summed E-state index contributed by atoms with van der Waals surface area (Å²) in [6.45, 7) is 4.62. The van der Waals surface area contributed by atoms with Crippen molar-refractivity contribution in [3.8, 4) is 6.07 Å². The van der Waals surface area contributed by atoms with Gasteiger partial charge in [-0.15, -0.1) is 0 Å². The van der Waals surface area contributed by atoms with Gasteiger partial charge in [0.15, 0.2) is 0 Å². The van der Waals surface area contributed by atoms with Crippen molar-refractivity contribution >= 4 is 27.0 Å². The van der Waals surface area contributed by atoms with E-state index in [2.05, 4.69) is 15.3 Å². The second kappa shape index (κ2) is 9.33. The number of aromatic amines is 1. The highest BCUT2D eigenvalue weighted by Crippen LogP contribution is 2.27. The number of hydrogen-bond donors (Lipinski definition) is 2. The monoisotopic (exact) mass is 465 g/mol. The first-order valence-corrected chi connectivity index (χ1v) is 12.5. The number of para-hydroxylation sites is 2. The molecule has 0 unspecified atom stereocenters. The van der Waals surface area contributed by atoms with Gasteiger partial charge in [-0.05, 0) is 55.2 Å². The van der Waals surface area contributed by atoms with Crippen LogP contribution < -0.4 is 5.32 Å². The third-order valence-corrected chi connectivity index (χ3v) is 8.03. The summed E-state index contributed by atoms with van der Waals surface area (Å²) in [6, 6.07) is 15.4. The molecular weight excluding hydrogens is 438 g/mol. The number of nitrogens with zero attached hydrogens (tertiary/aromatic N) is 3. The van der Waals surface area contributed by atoms with Crippen molar-refractivity contribution in [3.63, 3.8) is 0 Å². The van der Waals surface area contributed by atoms with Gasteiger partial charge < -0.3 is 10.3 Å². The molecular formula is C24H27N5O3S. The van der Waals surface area contributed by atoms with Crippen LogP contribution in [0.25, 0.3) is 11.0 Å². The van der Waals surface area contributed by atoms with Crippen molar-refractivity contribution in [2.75, 3.05) is 13.1 Å². The summed E-state index contributed by atoms with van der Waals surface area (Å²) in [5, 5.41) is 12.0. The van der Waals surface area contributed by atoms with Crippen molar-refractivity contribution < 1.29 is 13.2 Å². The molecule has 0 spiro atoms. The summed E-state index contributed by atoms with van der Waals surface area (Å²) in [7, 11) is -3.65. The number of benzene rings is 2. The van der Waals surface area contributed by atoms with Crippen molar-refractivity contribution in [1.29, 1.82) is 5.26 Å². The first-order chi connectivity index (χ1) is 15.8. The predicted molar refractivity (Wildman–Crippen MR) is 124 cm³/mol. The van der Waals surface area contributed by atoms with Crippen LogP contribution in [0.5, 0.6) is 0 Å². The van der Waals surface area contributed by atoms with E-state index in [1.54, 1.807) is 0 Å². The number of fused-ring (bicyclic) bond motifs is 1. The molecule has 172 valence electrons. The Morgan fingerprint density at radius 3 is 2.42 bits per heavy atom. The molecule has 1 amide bonds. The summed E-state index contributed by atoms with van der Waals surface area (Å²) in [5.41, 5.74) is 2.19. The Morgan fingerprint density at radius 2 is 1.82 bits per heavy atom. The molecule has 1 aliphatic heterocycles. The summed E-state index contributed by atoms with van der Waals surface area (Å²) in [4.78, 5) is 21.2. The van der Waals surface area contributed by atoms with Crippen molar-refractivity contribution in [3.05, 3.63) is 59.9 Å². The van der Waals surface area contributed by atoms with E-state index in [1.807, 2.05) is 44.2 Å². The number of carbonyl (C=O) groups is 1. The molecule has 8 nitrogen and oxygen atoms in total. The van der Waals surface area contributed by atoms with E-state index in [-0.39, 0.29) is 41.8 Å². The molecule has 0 saturated carbocycles. The SMILES string of the molecule is CC(C)[C@@H](NC(=O)C1CCN(S(=O)(=O)c2ccc(C#N)cc2)CC1)c1nc2ccccc2[nH]1. The number of hydrogen-bond acceptors (Lipinski definition) is 5. The van der Waals surface area contributed by atoms with E-state index in [0.29, 0.717) is 18.4 Å². The van der Waals surface area contributed by atoms with E-state index in [0.717, 1.165) is 16.9 Å². The lowest BCUT2D eigenvalue weighted by Crippen LogP contribution is -2.44. The second-order valence-electron chi connectivity index (χ2n) is 8.68. The third-order valence-electron chi connectivity index (χ3n) is 6.11. The smallest absolute Gasteiger partial charge is 0.243 e. The molecule has 4 rings (SSSR count). The molecule has 2 heterocycles. The molecule has 33 heavy (non-hydrogen) atoms. The Hall–Kier alpha value is -3.22. The largest absolute Gasteiger partial charge is 0.346 e. The Kier molecular flexibility index (Phi) is 6.49. The van der Waals surface area contributed by atoms with Crippen molar-refractivity contribution in [1.82, 2.24) is 19.6 Å². The number of sulfonamides is 1. The molecule has 1 saturated heterocycles. The number of piperidine rings is 1. The Bertz CT molecular complexity index is 1250. The van der Waals surface area contributed by atoms with E-state index < -0.39 is 10.0 Å². The minimum absolute atomic E-state index is 0.0791. The van der Waals surface area contributed by atoms with Gasteiger partial charge in [0.25, 0.3) is 0 Å². The van der Waals surface area contributed by atoms with Crippen molar-refractivity contribution in [2.45, 2.75) is 37.6 Å². The van der Waals surface area contributed by atoms with Crippen LogP contribution in [0.15, 0.2) is 53.4 Å². The van der Waals surface area contributed by atoms with E-state index in [1.165, 1.54) is 28.6 Å². The fraction of sp³-hybridized carbons (Fsp3) is 0.375. The molecule has 2 aromatic carbocycles. The highest BCUT2D eigenvalue weighted by Gasteiger charge is 2.33. The maximum absolute atomic E-state index is 13.0. The fourth-order valence-corrected chi connectivity index (χ4v) is 5.62. The minimum atomic E-state index is -3.65. The standard InChI is InChI=1S/C24H27N5O3S/c1-16(2)22(23-26-20-5-3-4-6-21(20)27-23)28-24(30)18-11-13-29(14-12-18)33(31,32)19-9-7-17(15-25)8-10-19/h3-10,16,18,22H,11-14H2,1-2H3,(H,26,27)(H,28,30)/t22-/m1/s1. The lowest BCUT2D eigenvalue weighted by Gasteiger charge is -2.31. The van der Waals surface area contributed by atoms with Crippen LogP contribution in [0.2, 0.25) is 0 Å². The molecule has 2 N–H and O–H groups in total. The van der Waals surface area contributed by atoms with E-state index >= 15 is 0 Å². The number of imidazole rings is 1. The highest BCUT2D eigenvalue weighted by molar-refractivity contribution is 7.89. The Morgan fingerprint density at radius 1 is 1.15 bits per heavy atom. The highest BCUT2D eigenvalue weighted by atomic mass is 32.2. The van der Waals surface area contributed by atoms with Gasteiger partial charge in [-0.25, -0.2) is 13.4 Å². The number of aromatic nitrogens is 2. The molecule has 1 atom stereocenters. The molecule has 1 aliphatic rings. The van der Waals surface area contributed by atoms with Gasteiger partial charge in [0.2, 0.25) is 15.9 Å². The first kappa shape index (κ1) is 23.0. The van der Waals surface area contributed by atoms with Crippen LogP contribution in [0.3, 0.4) is 0 Å². The maximum Gasteiger partial charge on any atom is 0.243 e. The van der Waals surface area contributed by atoms with Crippen molar-refractivity contribution in [2.24, 2.45) is 11.8 Å². The Balaban J connectivity index is 1.41. The van der Waals surface area contributed by atoms with Crippen LogP contribution in [0.4, 0.5) is 0 Å². The van der Waals surface area contributed by atoms with Crippen LogP contribution in [0, 0.1) is 23.2 Å². The van der Waals surface area contributed by atoms with E-state index in [4.69, 9.17) is 5.26 Å². The molecule has 0 bridgehead atoms. The number of nitriles is 1. The summed E-state index contributed by atoms with van der Waals surface area (Å²) in [6.07, 6.45) is 0.901. The number of amides is 1. The number of nitrogens with one attached hydrogen (secondary N) is 2. The molecule has 9 heteroatoms. The number of H-pyrrole nitrogens is 1. The number of rotatable bonds is 6. The van der Waals surface area contributed by atoms with Gasteiger partial charge in [0, 0.05) is 19.0 Å². The average molecular weight is 466 g/mol. The maximum atomic E-state index is 13.0. The fourth-order valence-electron chi connectivity index (χ4n) is 4.15. The van der Waals surface area contributed by atoms with Gasteiger partial charge in [0.05, 0.1) is 33.6 Å². The zero-order valence-electron chi connectivity index (χ0n) is 18.7. The number of carbonyl (C=O) groups excluding carboxylic acids is 1. The van der Waals surface area contributed by atoms with E-state index in [9.17, 15) is 13.2 Å². The topological polar surface area (TPSA) is 119 Å². The summed E-state index contributed by atoms with van der Waals surface area (Å²) in [5.74, 6) is 0.513. The van der Waals surface area contributed by atoms with Gasteiger partial charge in [0.1, 0.15) is 5.82 Å². The molecule has 3 aromatic rings. The Labute approximate surface area is 193 Å². The van der Waals surface area contributed by atoms with Crippen LogP contribution in [-0.4, -0.2) is 41.7 Å². The molecule has 1 aromatic heterocycles. The first-order valence-electron chi connectivity index (χ1n) is 11.0. The van der Waals surface area contributed by atoms with Gasteiger partial charge in [-0.3, -0.25) is 4.79 Å². The lowest BCUT2D eigenvalue weighted by molar-refractivity contribution is -0.127. The zero-order chi connectivity index (χ0) is 23.6. The minimum Gasteiger partial charge on any atom is -0.346 e. The van der Waals surface area contributed by atoms with Crippen LogP contribution >= 0.6 is 0 Å². The summed E-state index contributed by atoms with van der Waals surface area (Å²) < 4.78 is 27.3.